The maximum Gasteiger partial charge on any atom is 0.441 e. The summed E-state index contributed by atoms with van der Waals surface area (Å²) in [6, 6.07) is 2.59. The molecule has 128 valence electrons. The van der Waals surface area contributed by atoms with E-state index in [1.54, 1.807) is 0 Å². The van der Waals surface area contributed by atoms with Crippen molar-refractivity contribution in [2.75, 3.05) is 11.9 Å². The summed E-state index contributed by atoms with van der Waals surface area (Å²) in [5, 5.41) is 2.89. The number of esters is 1. The lowest BCUT2D eigenvalue weighted by Gasteiger charge is -2.35. The zero-order valence-electron chi connectivity index (χ0n) is 12.1. The minimum atomic E-state index is -5.24. The van der Waals surface area contributed by atoms with Gasteiger partial charge in [0.1, 0.15) is 5.82 Å². The van der Waals surface area contributed by atoms with Crippen molar-refractivity contribution in [2.45, 2.75) is 25.7 Å². The minimum Gasteiger partial charge on any atom is -0.463 e. The van der Waals surface area contributed by atoms with E-state index in [-0.39, 0.29) is 12.3 Å². The van der Waals surface area contributed by atoms with Crippen molar-refractivity contribution in [3.8, 4) is 0 Å². The quantitative estimate of drug-likeness (QED) is 0.483. The molecular weight excluding hydrogens is 344 g/mol. The summed E-state index contributed by atoms with van der Waals surface area (Å²) >= 11 is 5.50. The average molecular weight is 357 g/mol. The summed E-state index contributed by atoms with van der Waals surface area (Å²) in [5.41, 5.74) is -3.87. The Morgan fingerprint density at radius 3 is 2.35 bits per heavy atom. The SMILES string of the molecule is CCOC(=O)C(NC(C)=O)(Nc1ccc(F)c(Cl)c1)C(F)(F)F. The molecule has 2 N–H and O–H groups in total. The highest BCUT2D eigenvalue weighted by atomic mass is 35.5. The van der Waals surface area contributed by atoms with Crippen LogP contribution < -0.4 is 10.6 Å². The molecular formula is C13H13ClF4N2O3. The molecule has 0 aliphatic carbocycles. The molecule has 5 nitrogen and oxygen atoms in total. The monoisotopic (exact) mass is 356 g/mol. The number of alkyl halides is 3. The number of carbonyl (C=O) groups excluding carboxylic acids is 2. The van der Waals surface area contributed by atoms with Crippen molar-refractivity contribution in [3.05, 3.63) is 29.0 Å². The summed E-state index contributed by atoms with van der Waals surface area (Å²) < 4.78 is 58.0. The van der Waals surface area contributed by atoms with Crippen molar-refractivity contribution >= 4 is 29.2 Å². The van der Waals surface area contributed by atoms with Crippen LogP contribution in [0.1, 0.15) is 13.8 Å². The first-order chi connectivity index (χ1) is 10.5. The van der Waals surface area contributed by atoms with Gasteiger partial charge in [-0.2, -0.15) is 13.2 Å². The first kappa shape index (κ1) is 19.0. The highest BCUT2D eigenvalue weighted by molar-refractivity contribution is 6.31. The summed E-state index contributed by atoms with van der Waals surface area (Å²) in [6.45, 7) is 1.77. The summed E-state index contributed by atoms with van der Waals surface area (Å²) in [4.78, 5) is 23.1. The third-order valence-electron chi connectivity index (χ3n) is 2.62. The van der Waals surface area contributed by atoms with Crippen LogP contribution in [0.4, 0.5) is 23.2 Å². The van der Waals surface area contributed by atoms with Gasteiger partial charge in [0.2, 0.25) is 5.91 Å². The number of hydrogen-bond donors (Lipinski definition) is 2. The number of benzene rings is 1. The molecule has 0 aliphatic heterocycles. The number of nitrogens with one attached hydrogen (secondary N) is 2. The summed E-state index contributed by atoms with van der Waals surface area (Å²) in [6.07, 6.45) is -5.24. The van der Waals surface area contributed by atoms with E-state index in [1.807, 2.05) is 5.32 Å². The lowest BCUT2D eigenvalue weighted by atomic mass is 10.1. The molecule has 0 saturated carbocycles. The molecule has 0 radical (unpaired) electrons. The molecule has 0 saturated heterocycles. The van der Waals surface area contributed by atoms with E-state index < -0.39 is 34.6 Å². The first-order valence-corrected chi connectivity index (χ1v) is 6.67. The maximum absolute atomic E-state index is 13.5. The zero-order valence-corrected chi connectivity index (χ0v) is 12.8. The fourth-order valence-electron chi connectivity index (χ4n) is 1.68. The van der Waals surface area contributed by atoms with Gasteiger partial charge in [-0.25, -0.2) is 9.18 Å². The summed E-state index contributed by atoms with van der Waals surface area (Å²) in [7, 11) is 0. The number of halogens is 5. The predicted octanol–water partition coefficient (Wildman–Crippen LogP) is 2.85. The van der Waals surface area contributed by atoms with Crippen LogP contribution in [0, 0.1) is 5.82 Å². The maximum atomic E-state index is 13.5. The van der Waals surface area contributed by atoms with Crippen molar-refractivity contribution in [1.29, 1.82) is 0 Å². The average Bonchev–Trinajstić information content (AvgIpc) is 2.40. The molecule has 0 heterocycles. The number of hydrogen-bond acceptors (Lipinski definition) is 4. The fourth-order valence-corrected chi connectivity index (χ4v) is 1.87. The van der Waals surface area contributed by atoms with Gasteiger partial charge in [0.25, 0.3) is 0 Å². The van der Waals surface area contributed by atoms with Crippen LogP contribution in [0.2, 0.25) is 5.02 Å². The van der Waals surface area contributed by atoms with Crippen LogP contribution in [-0.2, 0) is 14.3 Å². The Morgan fingerprint density at radius 2 is 1.91 bits per heavy atom. The second-order valence-electron chi connectivity index (χ2n) is 4.40. The van der Waals surface area contributed by atoms with E-state index in [9.17, 15) is 27.2 Å². The fraction of sp³-hybridized carbons (Fsp3) is 0.385. The second kappa shape index (κ2) is 7.03. The van der Waals surface area contributed by atoms with Crippen LogP contribution in [0.15, 0.2) is 18.2 Å². The largest absolute Gasteiger partial charge is 0.463 e. The Kier molecular flexibility index (Phi) is 5.81. The molecule has 0 bridgehead atoms. The smallest absolute Gasteiger partial charge is 0.441 e. The Labute approximate surface area is 133 Å². The van der Waals surface area contributed by atoms with Crippen LogP contribution in [0.5, 0.6) is 0 Å². The Hall–Kier alpha value is -2.03. The highest BCUT2D eigenvalue weighted by Crippen LogP contribution is 2.34. The molecule has 1 rings (SSSR count). The molecule has 1 aromatic rings. The highest BCUT2D eigenvalue weighted by Gasteiger charge is 2.63. The van der Waals surface area contributed by atoms with Crippen LogP contribution in [-0.4, -0.2) is 30.3 Å². The second-order valence-corrected chi connectivity index (χ2v) is 4.81. The van der Waals surface area contributed by atoms with Gasteiger partial charge < -0.3 is 15.4 Å². The van der Waals surface area contributed by atoms with E-state index in [0.717, 1.165) is 25.1 Å². The molecule has 1 aromatic carbocycles. The van der Waals surface area contributed by atoms with E-state index in [4.69, 9.17) is 11.6 Å². The van der Waals surface area contributed by atoms with E-state index in [1.165, 1.54) is 12.2 Å². The molecule has 0 aliphatic rings. The number of ether oxygens (including phenoxy) is 1. The van der Waals surface area contributed by atoms with Gasteiger partial charge in [-0.3, -0.25) is 4.79 Å². The van der Waals surface area contributed by atoms with Crippen LogP contribution >= 0.6 is 11.6 Å². The van der Waals surface area contributed by atoms with E-state index in [0.29, 0.717) is 0 Å². The van der Waals surface area contributed by atoms with Crippen molar-refractivity contribution in [3.63, 3.8) is 0 Å². The normalized spacial score (nSPS) is 13.9. The molecule has 1 unspecified atom stereocenters. The third kappa shape index (κ3) is 4.25. The van der Waals surface area contributed by atoms with Crippen LogP contribution in [0.25, 0.3) is 0 Å². The van der Waals surface area contributed by atoms with Gasteiger partial charge in [0, 0.05) is 12.6 Å². The number of amides is 1. The zero-order chi connectivity index (χ0) is 17.8. The van der Waals surface area contributed by atoms with E-state index in [2.05, 4.69) is 4.74 Å². The topological polar surface area (TPSA) is 67.4 Å². The molecule has 1 amide bonds. The number of carbonyl (C=O) groups is 2. The lowest BCUT2D eigenvalue weighted by molar-refractivity contribution is -0.207. The van der Waals surface area contributed by atoms with Crippen LogP contribution in [0.3, 0.4) is 0 Å². The minimum absolute atomic E-state index is 0.337. The Morgan fingerprint density at radius 1 is 1.30 bits per heavy atom. The molecule has 1 atom stereocenters. The molecule has 0 spiro atoms. The number of rotatable bonds is 5. The Bertz CT molecular complexity index is 609. The van der Waals surface area contributed by atoms with Gasteiger partial charge in [-0.1, -0.05) is 11.6 Å². The lowest BCUT2D eigenvalue weighted by Crippen LogP contribution is -2.69. The molecule has 0 fully saturated rings. The third-order valence-corrected chi connectivity index (χ3v) is 2.91. The van der Waals surface area contributed by atoms with Gasteiger partial charge in [0.05, 0.1) is 11.6 Å². The standard InChI is InChI=1S/C13H13ClF4N2O3/c1-3-23-11(22)12(13(16,17)18,19-7(2)21)20-8-4-5-10(15)9(14)6-8/h4-6,20H,3H2,1-2H3,(H,19,21). The van der Waals surface area contributed by atoms with Gasteiger partial charge in [0.15, 0.2) is 0 Å². The van der Waals surface area contributed by atoms with Gasteiger partial charge in [-0.15, -0.1) is 0 Å². The predicted molar refractivity (Wildman–Crippen MR) is 74.3 cm³/mol. The molecule has 0 aromatic heterocycles. The van der Waals surface area contributed by atoms with Crippen molar-refractivity contribution < 1.29 is 31.9 Å². The number of anilines is 1. The summed E-state index contributed by atoms with van der Waals surface area (Å²) in [5.74, 6) is -3.75. The van der Waals surface area contributed by atoms with Gasteiger partial charge >= 0.3 is 17.8 Å². The molecule has 10 heteroatoms. The van der Waals surface area contributed by atoms with E-state index >= 15 is 0 Å². The van der Waals surface area contributed by atoms with Crippen molar-refractivity contribution in [1.82, 2.24) is 5.32 Å². The first-order valence-electron chi connectivity index (χ1n) is 6.29. The van der Waals surface area contributed by atoms with Gasteiger partial charge in [-0.05, 0) is 25.1 Å². The Balaban J connectivity index is 3.38. The molecule has 23 heavy (non-hydrogen) atoms. The van der Waals surface area contributed by atoms with Crippen molar-refractivity contribution in [2.24, 2.45) is 0 Å².